The molecule has 4 rings (SSSR count). The second-order valence-electron chi connectivity index (χ2n) is 7.36. The van der Waals surface area contributed by atoms with Gasteiger partial charge in [0.05, 0.1) is 18.4 Å². The van der Waals surface area contributed by atoms with Gasteiger partial charge in [-0.3, -0.25) is 4.79 Å². The van der Waals surface area contributed by atoms with Gasteiger partial charge in [0.1, 0.15) is 18.1 Å². The lowest BCUT2D eigenvalue weighted by Gasteiger charge is -2.36. The van der Waals surface area contributed by atoms with Crippen molar-refractivity contribution in [3.8, 4) is 11.5 Å². The minimum atomic E-state index is -0.00798. The van der Waals surface area contributed by atoms with Crippen molar-refractivity contribution in [2.45, 2.75) is 6.61 Å². The summed E-state index contributed by atoms with van der Waals surface area (Å²) in [6.07, 6.45) is 0. The fourth-order valence-electron chi connectivity index (χ4n) is 3.72. The van der Waals surface area contributed by atoms with E-state index in [9.17, 15) is 4.79 Å². The number of benzene rings is 3. The quantitative estimate of drug-likeness (QED) is 0.551. The summed E-state index contributed by atoms with van der Waals surface area (Å²) in [4.78, 5) is 17.4. The molecule has 1 amide bonds. The Bertz CT molecular complexity index is 1030. The van der Waals surface area contributed by atoms with E-state index in [0.29, 0.717) is 36.0 Å². The molecule has 0 aliphatic carbocycles. The summed E-state index contributed by atoms with van der Waals surface area (Å²) < 4.78 is 11.5. The van der Waals surface area contributed by atoms with Gasteiger partial charge in [-0.05, 0) is 42.0 Å². The van der Waals surface area contributed by atoms with Crippen LogP contribution >= 0.6 is 11.6 Å². The number of hydrogen-bond donors (Lipinski definition) is 0. The van der Waals surface area contributed by atoms with Crippen molar-refractivity contribution in [3.05, 3.63) is 88.9 Å². The lowest BCUT2D eigenvalue weighted by Crippen LogP contribution is -2.49. The van der Waals surface area contributed by atoms with Crippen molar-refractivity contribution in [1.82, 2.24) is 4.90 Å². The molecule has 0 bridgehead atoms. The van der Waals surface area contributed by atoms with Gasteiger partial charge in [0.15, 0.2) is 0 Å². The van der Waals surface area contributed by atoms with Crippen LogP contribution in [0.3, 0.4) is 0 Å². The Morgan fingerprint density at radius 3 is 2.23 bits per heavy atom. The molecule has 0 radical (unpaired) electrons. The topological polar surface area (TPSA) is 42.0 Å². The van der Waals surface area contributed by atoms with Gasteiger partial charge in [-0.25, -0.2) is 0 Å². The summed E-state index contributed by atoms with van der Waals surface area (Å²) in [6.45, 7) is 3.16. The van der Waals surface area contributed by atoms with Crippen molar-refractivity contribution in [2.75, 3.05) is 38.2 Å². The Morgan fingerprint density at radius 1 is 0.871 bits per heavy atom. The molecule has 0 saturated carbocycles. The number of ether oxygens (including phenoxy) is 2. The Balaban J connectivity index is 1.41. The van der Waals surface area contributed by atoms with Crippen molar-refractivity contribution < 1.29 is 14.3 Å². The zero-order valence-corrected chi connectivity index (χ0v) is 18.2. The largest absolute Gasteiger partial charge is 0.495 e. The van der Waals surface area contributed by atoms with E-state index in [-0.39, 0.29) is 5.91 Å². The molecule has 3 aromatic rings. The van der Waals surface area contributed by atoms with Crippen LogP contribution < -0.4 is 14.4 Å². The van der Waals surface area contributed by atoms with Gasteiger partial charge in [0, 0.05) is 31.2 Å². The van der Waals surface area contributed by atoms with Crippen LogP contribution in [0.2, 0.25) is 5.02 Å². The average molecular weight is 437 g/mol. The van der Waals surface area contributed by atoms with Crippen LogP contribution in [0.1, 0.15) is 15.9 Å². The maximum atomic E-state index is 13.2. The zero-order valence-electron chi connectivity index (χ0n) is 17.5. The molecule has 1 fully saturated rings. The second-order valence-corrected chi connectivity index (χ2v) is 7.80. The summed E-state index contributed by atoms with van der Waals surface area (Å²) in [5.74, 6) is 1.43. The van der Waals surface area contributed by atoms with Crippen molar-refractivity contribution in [1.29, 1.82) is 0 Å². The smallest absolute Gasteiger partial charge is 0.257 e. The molecule has 31 heavy (non-hydrogen) atoms. The summed E-state index contributed by atoms with van der Waals surface area (Å²) in [5.41, 5.74) is 2.64. The molecule has 5 nitrogen and oxygen atoms in total. The molecule has 0 aromatic heterocycles. The Labute approximate surface area is 187 Å². The normalized spacial score (nSPS) is 13.7. The standard InChI is InChI=1S/C25H25ClN2O3/c1-30-24-9-5-3-7-22(24)27-14-16-28(17-15-27)25(29)21-6-2-4-8-23(21)31-18-19-10-12-20(26)13-11-19/h2-13H,14-18H2,1H3. The molecule has 1 aliphatic rings. The van der Waals surface area contributed by atoms with Gasteiger partial charge in [-0.2, -0.15) is 0 Å². The highest BCUT2D eigenvalue weighted by Crippen LogP contribution is 2.29. The monoisotopic (exact) mass is 436 g/mol. The lowest BCUT2D eigenvalue weighted by molar-refractivity contribution is 0.0741. The highest BCUT2D eigenvalue weighted by molar-refractivity contribution is 6.30. The van der Waals surface area contributed by atoms with Crippen LogP contribution in [0, 0.1) is 0 Å². The molecular formula is C25H25ClN2O3. The molecule has 0 N–H and O–H groups in total. The van der Waals surface area contributed by atoms with E-state index in [1.165, 1.54) is 0 Å². The van der Waals surface area contributed by atoms with E-state index in [4.69, 9.17) is 21.1 Å². The Kier molecular flexibility index (Phi) is 6.63. The maximum absolute atomic E-state index is 13.2. The van der Waals surface area contributed by atoms with E-state index >= 15 is 0 Å². The van der Waals surface area contributed by atoms with Gasteiger partial charge >= 0.3 is 0 Å². The second kappa shape index (κ2) is 9.75. The number of halogens is 1. The van der Waals surface area contributed by atoms with Crippen molar-refractivity contribution in [3.63, 3.8) is 0 Å². The van der Waals surface area contributed by atoms with Crippen LogP contribution in [0.5, 0.6) is 11.5 Å². The number of rotatable bonds is 6. The number of para-hydroxylation sites is 3. The van der Waals surface area contributed by atoms with Crippen LogP contribution in [0.15, 0.2) is 72.8 Å². The molecular weight excluding hydrogens is 412 g/mol. The van der Waals surface area contributed by atoms with E-state index < -0.39 is 0 Å². The first-order valence-electron chi connectivity index (χ1n) is 10.3. The third-order valence-electron chi connectivity index (χ3n) is 5.42. The highest BCUT2D eigenvalue weighted by atomic mass is 35.5. The van der Waals surface area contributed by atoms with E-state index in [0.717, 1.165) is 30.1 Å². The van der Waals surface area contributed by atoms with Crippen LogP contribution in [0.25, 0.3) is 0 Å². The molecule has 1 aliphatic heterocycles. The molecule has 3 aromatic carbocycles. The van der Waals surface area contributed by atoms with Gasteiger partial charge in [-0.1, -0.05) is 48.0 Å². The third kappa shape index (κ3) is 4.94. The number of nitrogens with zero attached hydrogens (tertiary/aromatic N) is 2. The molecule has 160 valence electrons. The number of amides is 1. The predicted molar refractivity (Wildman–Crippen MR) is 123 cm³/mol. The summed E-state index contributed by atoms with van der Waals surface area (Å²) in [6, 6.07) is 22.9. The lowest BCUT2D eigenvalue weighted by atomic mass is 10.1. The summed E-state index contributed by atoms with van der Waals surface area (Å²) in [7, 11) is 1.68. The third-order valence-corrected chi connectivity index (χ3v) is 5.67. The maximum Gasteiger partial charge on any atom is 0.257 e. The fraction of sp³-hybridized carbons (Fsp3) is 0.240. The molecule has 0 spiro atoms. The molecule has 6 heteroatoms. The number of carbonyl (C=O) groups is 1. The summed E-state index contributed by atoms with van der Waals surface area (Å²) in [5, 5.41) is 0.687. The highest BCUT2D eigenvalue weighted by Gasteiger charge is 2.25. The van der Waals surface area contributed by atoms with Crippen LogP contribution in [0.4, 0.5) is 5.69 Å². The molecule has 0 atom stereocenters. The van der Waals surface area contributed by atoms with Gasteiger partial charge in [0.2, 0.25) is 0 Å². The molecule has 0 unspecified atom stereocenters. The first kappa shape index (κ1) is 21.1. The zero-order chi connectivity index (χ0) is 21.6. The minimum Gasteiger partial charge on any atom is -0.495 e. The van der Waals surface area contributed by atoms with E-state index in [1.807, 2.05) is 71.6 Å². The fourth-order valence-corrected chi connectivity index (χ4v) is 3.85. The molecule has 1 saturated heterocycles. The number of methoxy groups -OCH3 is 1. The SMILES string of the molecule is COc1ccccc1N1CCN(C(=O)c2ccccc2OCc2ccc(Cl)cc2)CC1. The van der Waals surface area contributed by atoms with Gasteiger partial charge < -0.3 is 19.3 Å². The number of piperazine rings is 1. The van der Waals surface area contributed by atoms with Crippen LogP contribution in [-0.2, 0) is 6.61 Å². The van der Waals surface area contributed by atoms with Gasteiger partial charge in [-0.15, -0.1) is 0 Å². The van der Waals surface area contributed by atoms with E-state index in [2.05, 4.69) is 11.0 Å². The Morgan fingerprint density at radius 2 is 1.52 bits per heavy atom. The van der Waals surface area contributed by atoms with Gasteiger partial charge in [0.25, 0.3) is 5.91 Å². The number of anilines is 1. The minimum absolute atomic E-state index is 0.00798. The van der Waals surface area contributed by atoms with Crippen molar-refractivity contribution in [2.24, 2.45) is 0 Å². The van der Waals surface area contributed by atoms with Crippen molar-refractivity contribution >= 4 is 23.2 Å². The first-order valence-corrected chi connectivity index (χ1v) is 10.7. The summed E-state index contributed by atoms with van der Waals surface area (Å²) >= 11 is 5.95. The first-order chi connectivity index (χ1) is 15.2. The average Bonchev–Trinajstić information content (AvgIpc) is 2.83. The number of hydrogen-bond acceptors (Lipinski definition) is 4. The Hall–Kier alpha value is -3.18. The predicted octanol–water partition coefficient (Wildman–Crippen LogP) is 4.89. The van der Waals surface area contributed by atoms with E-state index in [1.54, 1.807) is 7.11 Å². The number of carbonyl (C=O) groups excluding carboxylic acids is 1. The molecule has 1 heterocycles. The van der Waals surface area contributed by atoms with Crippen LogP contribution in [-0.4, -0.2) is 44.1 Å².